The van der Waals surface area contributed by atoms with Gasteiger partial charge in [0, 0.05) is 29.7 Å². The van der Waals surface area contributed by atoms with Crippen molar-refractivity contribution in [3.8, 4) is 11.4 Å². The van der Waals surface area contributed by atoms with Crippen molar-refractivity contribution < 1.29 is 9.90 Å². The van der Waals surface area contributed by atoms with Crippen LogP contribution in [0.25, 0.3) is 5.69 Å². The highest BCUT2D eigenvalue weighted by Crippen LogP contribution is 2.24. The summed E-state index contributed by atoms with van der Waals surface area (Å²) in [5, 5.41) is 9.76. The predicted octanol–water partition coefficient (Wildman–Crippen LogP) is 2.81. The average Bonchev–Trinajstić information content (AvgIpc) is 3.08. The van der Waals surface area contributed by atoms with Crippen LogP contribution >= 0.6 is 15.9 Å². The Kier molecular flexibility index (Phi) is 4.11. The summed E-state index contributed by atoms with van der Waals surface area (Å²) in [7, 11) is 0. The number of benzene rings is 1. The summed E-state index contributed by atoms with van der Waals surface area (Å²) < 4.78 is 2.92. The molecule has 0 aliphatic heterocycles. The molecule has 7 heteroatoms. The Bertz CT molecular complexity index is 991. The Balaban J connectivity index is 2.20. The zero-order chi connectivity index (χ0) is 17.4. The van der Waals surface area contributed by atoms with E-state index in [2.05, 4.69) is 20.9 Å². The summed E-state index contributed by atoms with van der Waals surface area (Å²) >= 11 is 3.10. The van der Waals surface area contributed by atoms with Crippen molar-refractivity contribution in [3.05, 3.63) is 74.6 Å². The van der Waals surface area contributed by atoms with Gasteiger partial charge in [-0.25, -0.2) is 4.98 Å². The summed E-state index contributed by atoms with van der Waals surface area (Å²) in [5.41, 5.74) is 2.03. The number of rotatable bonds is 2. The molecule has 0 spiro atoms. The van der Waals surface area contributed by atoms with Crippen LogP contribution in [0.5, 0.6) is 5.75 Å². The predicted molar refractivity (Wildman–Crippen MR) is 92.8 cm³/mol. The number of aryl methyl sites for hydroxylation is 2. The Morgan fingerprint density at radius 1 is 1.25 bits per heavy atom. The number of pyridine rings is 1. The van der Waals surface area contributed by atoms with Gasteiger partial charge in [-0.15, -0.1) is 0 Å². The molecule has 0 saturated carbocycles. The fraction of sp³-hybridized carbons (Fsp3) is 0.118. The second kappa shape index (κ2) is 6.09. The molecule has 0 unspecified atom stereocenters. The highest BCUT2D eigenvalue weighted by atomic mass is 79.9. The van der Waals surface area contributed by atoms with Crippen LogP contribution in [0.3, 0.4) is 0 Å². The summed E-state index contributed by atoms with van der Waals surface area (Å²) in [6, 6.07) is 6.65. The molecule has 0 fully saturated rings. The van der Waals surface area contributed by atoms with Gasteiger partial charge < -0.3 is 5.11 Å². The topological polar surface area (TPSA) is 77.1 Å². The third kappa shape index (κ3) is 2.67. The molecule has 122 valence electrons. The number of nitrogens with zero attached hydrogens (tertiary/aromatic N) is 3. The van der Waals surface area contributed by atoms with Crippen LogP contribution in [0.15, 0.2) is 52.3 Å². The highest BCUT2D eigenvalue weighted by Gasteiger charge is 2.16. The minimum atomic E-state index is -0.386. The minimum absolute atomic E-state index is 0.0823. The van der Waals surface area contributed by atoms with Crippen LogP contribution in [0, 0.1) is 13.8 Å². The van der Waals surface area contributed by atoms with E-state index >= 15 is 0 Å². The molecule has 0 amide bonds. The van der Waals surface area contributed by atoms with E-state index < -0.39 is 0 Å². The van der Waals surface area contributed by atoms with Crippen molar-refractivity contribution >= 4 is 21.8 Å². The first-order chi connectivity index (χ1) is 11.4. The summed E-state index contributed by atoms with van der Waals surface area (Å²) in [6.07, 6.45) is 4.52. The van der Waals surface area contributed by atoms with E-state index in [4.69, 9.17) is 0 Å². The van der Waals surface area contributed by atoms with Gasteiger partial charge in [0.25, 0.3) is 11.5 Å². The number of aromatic hydroxyl groups is 1. The lowest BCUT2D eigenvalue weighted by Crippen LogP contribution is -2.22. The molecule has 0 aliphatic carbocycles. The molecule has 0 atom stereocenters. The molecule has 0 saturated heterocycles. The fourth-order valence-corrected chi connectivity index (χ4v) is 2.80. The molecule has 3 rings (SSSR count). The lowest BCUT2D eigenvalue weighted by atomic mass is 10.1. The van der Waals surface area contributed by atoms with Gasteiger partial charge in [-0.3, -0.25) is 18.7 Å². The van der Waals surface area contributed by atoms with Crippen LogP contribution in [-0.4, -0.2) is 25.1 Å². The van der Waals surface area contributed by atoms with Crippen LogP contribution < -0.4 is 5.56 Å². The molecule has 2 heterocycles. The SMILES string of the molecule is Cc1ccc(C(=O)n2ccnc2)cc1-n1c(C)cc(O)c(Br)c1=O. The molecule has 2 aromatic heterocycles. The van der Waals surface area contributed by atoms with Crippen molar-refractivity contribution in [1.82, 2.24) is 14.1 Å². The number of carbonyl (C=O) groups excluding carboxylic acids is 1. The van der Waals surface area contributed by atoms with Crippen LogP contribution in [-0.2, 0) is 0 Å². The van der Waals surface area contributed by atoms with Gasteiger partial charge in [-0.2, -0.15) is 0 Å². The van der Waals surface area contributed by atoms with Gasteiger partial charge in [-0.1, -0.05) is 6.07 Å². The fourth-order valence-electron chi connectivity index (χ4n) is 2.50. The Labute approximate surface area is 146 Å². The second-order valence-electron chi connectivity index (χ2n) is 5.40. The molecular weight excluding hydrogens is 374 g/mol. The molecule has 1 aromatic carbocycles. The minimum Gasteiger partial charge on any atom is -0.506 e. The van der Waals surface area contributed by atoms with Gasteiger partial charge in [0.15, 0.2) is 0 Å². The van der Waals surface area contributed by atoms with Crippen molar-refractivity contribution in [2.45, 2.75) is 13.8 Å². The normalized spacial score (nSPS) is 10.8. The third-order valence-corrected chi connectivity index (χ3v) is 4.50. The quantitative estimate of drug-likeness (QED) is 0.733. The first-order valence-corrected chi connectivity index (χ1v) is 7.94. The summed E-state index contributed by atoms with van der Waals surface area (Å²) in [6.45, 7) is 3.57. The molecule has 24 heavy (non-hydrogen) atoms. The first kappa shape index (κ1) is 16.2. The summed E-state index contributed by atoms with van der Waals surface area (Å²) in [5.74, 6) is -0.352. The van der Waals surface area contributed by atoms with Gasteiger partial charge in [-0.05, 0) is 47.5 Å². The number of aromatic nitrogens is 3. The molecule has 0 radical (unpaired) electrons. The van der Waals surface area contributed by atoms with Crippen LogP contribution in [0.1, 0.15) is 21.6 Å². The number of halogens is 1. The van der Waals surface area contributed by atoms with Crippen LogP contribution in [0.2, 0.25) is 0 Å². The van der Waals surface area contributed by atoms with E-state index in [-0.39, 0.29) is 21.7 Å². The van der Waals surface area contributed by atoms with Crippen molar-refractivity contribution in [1.29, 1.82) is 0 Å². The zero-order valence-corrected chi connectivity index (χ0v) is 14.6. The highest BCUT2D eigenvalue weighted by molar-refractivity contribution is 9.10. The molecule has 0 aliphatic rings. The maximum atomic E-state index is 12.5. The standard InChI is InChI=1S/C17H14BrN3O3/c1-10-3-4-12(16(23)20-6-5-19-9-20)8-13(10)21-11(2)7-14(22)15(18)17(21)24/h3-9,22H,1-2H3. The largest absolute Gasteiger partial charge is 0.506 e. The van der Waals surface area contributed by atoms with Crippen molar-refractivity contribution in [2.24, 2.45) is 0 Å². The van der Waals surface area contributed by atoms with Gasteiger partial charge in [0.2, 0.25) is 0 Å². The van der Waals surface area contributed by atoms with Gasteiger partial charge in [0.05, 0.1) is 5.69 Å². The van der Waals surface area contributed by atoms with Crippen molar-refractivity contribution in [3.63, 3.8) is 0 Å². The number of hydrogen-bond donors (Lipinski definition) is 1. The lowest BCUT2D eigenvalue weighted by molar-refractivity contribution is 0.0959. The lowest BCUT2D eigenvalue weighted by Gasteiger charge is -2.15. The Morgan fingerprint density at radius 2 is 2.00 bits per heavy atom. The molecule has 3 aromatic rings. The second-order valence-corrected chi connectivity index (χ2v) is 6.19. The Morgan fingerprint density at radius 3 is 2.67 bits per heavy atom. The smallest absolute Gasteiger partial charge is 0.273 e. The average molecular weight is 388 g/mol. The maximum Gasteiger partial charge on any atom is 0.273 e. The molecular formula is C17H14BrN3O3. The van der Waals surface area contributed by atoms with E-state index in [1.54, 1.807) is 31.3 Å². The van der Waals surface area contributed by atoms with E-state index in [0.717, 1.165) is 5.56 Å². The number of hydrogen-bond acceptors (Lipinski definition) is 4. The molecule has 1 N–H and O–H groups in total. The number of imidazole rings is 1. The Hall–Kier alpha value is -2.67. The van der Waals surface area contributed by atoms with E-state index in [0.29, 0.717) is 16.9 Å². The zero-order valence-electron chi connectivity index (χ0n) is 13.0. The third-order valence-electron chi connectivity index (χ3n) is 3.75. The van der Waals surface area contributed by atoms with E-state index in [9.17, 15) is 14.7 Å². The van der Waals surface area contributed by atoms with Crippen LogP contribution in [0.4, 0.5) is 0 Å². The first-order valence-electron chi connectivity index (χ1n) is 7.15. The monoisotopic (exact) mass is 387 g/mol. The molecule has 6 nitrogen and oxygen atoms in total. The van der Waals surface area contributed by atoms with E-state index in [1.165, 1.54) is 27.7 Å². The van der Waals surface area contributed by atoms with Crippen molar-refractivity contribution in [2.75, 3.05) is 0 Å². The van der Waals surface area contributed by atoms with E-state index in [1.807, 2.05) is 6.92 Å². The summed E-state index contributed by atoms with van der Waals surface area (Å²) in [4.78, 5) is 28.9. The molecule has 0 bridgehead atoms. The maximum absolute atomic E-state index is 12.5. The van der Waals surface area contributed by atoms with Gasteiger partial charge >= 0.3 is 0 Å². The van der Waals surface area contributed by atoms with Gasteiger partial charge in [0.1, 0.15) is 16.5 Å². The number of carbonyl (C=O) groups is 1.